The summed E-state index contributed by atoms with van der Waals surface area (Å²) in [4.78, 5) is 15.8. The maximum Gasteiger partial charge on any atom is 0.296 e. The quantitative estimate of drug-likeness (QED) is 0.908. The second-order valence-electron chi connectivity index (χ2n) is 6.07. The van der Waals surface area contributed by atoms with Crippen LogP contribution in [0.3, 0.4) is 0 Å². The summed E-state index contributed by atoms with van der Waals surface area (Å²) in [5.41, 5.74) is 8.88. The molecule has 25 heavy (non-hydrogen) atoms. The Kier molecular flexibility index (Phi) is 3.77. The highest BCUT2D eigenvalue weighted by molar-refractivity contribution is 5.94. The molecule has 1 aromatic carbocycles. The van der Waals surface area contributed by atoms with Crippen LogP contribution < -0.4 is 5.73 Å². The number of benzene rings is 1. The fraction of sp³-hybridized carbons (Fsp3) is 0.278. The lowest BCUT2D eigenvalue weighted by Crippen LogP contribution is -2.27. The van der Waals surface area contributed by atoms with Gasteiger partial charge in [-0.05, 0) is 28.3 Å². The zero-order valence-corrected chi connectivity index (χ0v) is 13.2. The molecule has 0 aliphatic carbocycles. The van der Waals surface area contributed by atoms with Crippen LogP contribution in [0.1, 0.15) is 32.7 Å². The molecular weight excluding hydrogens is 330 g/mol. The highest BCUT2D eigenvalue weighted by atomic mass is 19.3. The summed E-state index contributed by atoms with van der Waals surface area (Å²) in [7, 11) is 0. The van der Waals surface area contributed by atoms with Crippen molar-refractivity contribution >= 4 is 5.91 Å². The van der Waals surface area contributed by atoms with Crippen molar-refractivity contribution < 1.29 is 23.0 Å². The molecule has 0 fully saturated rings. The van der Waals surface area contributed by atoms with Gasteiger partial charge in [0.25, 0.3) is 11.8 Å². The van der Waals surface area contributed by atoms with Crippen molar-refractivity contribution in [3.05, 3.63) is 58.8 Å². The molecule has 0 spiro atoms. The van der Waals surface area contributed by atoms with Crippen molar-refractivity contribution in [3.8, 4) is 11.1 Å². The number of rotatable bonds is 2. The molecule has 5 nitrogen and oxygen atoms in total. The summed E-state index contributed by atoms with van der Waals surface area (Å²) in [5.74, 6) is -3.60. The number of primary amides is 1. The van der Waals surface area contributed by atoms with E-state index in [1.807, 2.05) is 0 Å². The molecule has 3 heterocycles. The molecule has 2 N–H and O–H groups in total. The number of carbonyl (C=O) groups excluding carboxylic acids is 1. The zero-order chi connectivity index (χ0) is 17.6. The van der Waals surface area contributed by atoms with Gasteiger partial charge in [0.15, 0.2) is 0 Å². The molecule has 2 aliphatic heterocycles. The Balaban J connectivity index is 1.85. The van der Waals surface area contributed by atoms with Crippen molar-refractivity contribution in [2.45, 2.75) is 19.1 Å². The highest BCUT2D eigenvalue weighted by Gasteiger charge is 2.37. The Morgan fingerprint density at radius 1 is 1.24 bits per heavy atom. The molecule has 2 aliphatic rings. The minimum Gasteiger partial charge on any atom is -0.376 e. The molecule has 1 radical (unpaired) electrons. The fourth-order valence-electron chi connectivity index (χ4n) is 3.29. The second kappa shape index (κ2) is 5.86. The molecule has 0 atom stereocenters. The molecule has 2 aromatic rings. The number of amides is 1. The number of hydrogen-bond donors (Lipinski definition) is 1. The van der Waals surface area contributed by atoms with Gasteiger partial charge in [0.05, 0.1) is 19.8 Å². The van der Waals surface area contributed by atoms with Gasteiger partial charge in [-0.2, -0.15) is 8.78 Å². The Morgan fingerprint density at radius 3 is 2.88 bits per heavy atom. The molecule has 1 amide bonds. The Hall–Kier alpha value is -2.38. The first-order valence-corrected chi connectivity index (χ1v) is 7.79. The van der Waals surface area contributed by atoms with Gasteiger partial charge in [-0.15, -0.1) is 0 Å². The number of hydrogen-bond acceptors (Lipinski definition) is 4. The molecule has 4 rings (SSSR count). The minimum absolute atomic E-state index is 0.0131. The number of fused-ring (bicyclic) bond motifs is 2. The van der Waals surface area contributed by atoms with E-state index in [1.54, 1.807) is 18.6 Å². The SMILES string of the molecule is NC(=O)c1ncc(-c2ccc3c(c2)COCC3(F)F)c2c1[CH]COC2. The number of carbonyl (C=O) groups is 1. The Morgan fingerprint density at radius 2 is 2.08 bits per heavy atom. The van der Waals surface area contributed by atoms with E-state index < -0.39 is 18.4 Å². The number of nitrogens with two attached hydrogens (primary N) is 1. The average molecular weight is 345 g/mol. The average Bonchev–Trinajstić information content (AvgIpc) is 2.60. The first kappa shape index (κ1) is 16.1. The van der Waals surface area contributed by atoms with Crippen LogP contribution in [0.15, 0.2) is 24.4 Å². The number of halogens is 2. The lowest BCUT2D eigenvalue weighted by molar-refractivity contribution is -0.103. The van der Waals surface area contributed by atoms with Crippen LogP contribution in [-0.4, -0.2) is 24.1 Å². The summed E-state index contributed by atoms with van der Waals surface area (Å²) in [6.45, 7) is 0.194. The number of alkyl halides is 2. The normalized spacial score (nSPS) is 18.3. The van der Waals surface area contributed by atoms with Gasteiger partial charge in [-0.3, -0.25) is 9.78 Å². The van der Waals surface area contributed by atoms with Crippen LogP contribution in [0, 0.1) is 6.42 Å². The van der Waals surface area contributed by atoms with E-state index in [0.717, 1.165) is 16.7 Å². The van der Waals surface area contributed by atoms with E-state index in [2.05, 4.69) is 4.98 Å². The molecule has 129 valence electrons. The van der Waals surface area contributed by atoms with Crippen molar-refractivity contribution in [1.82, 2.24) is 4.98 Å². The largest absolute Gasteiger partial charge is 0.376 e. The predicted octanol–water partition coefficient (Wildman–Crippen LogP) is 2.55. The predicted molar refractivity (Wildman–Crippen MR) is 84.8 cm³/mol. The van der Waals surface area contributed by atoms with Gasteiger partial charge in [0.2, 0.25) is 0 Å². The fourth-order valence-corrected chi connectivity index (χ4v) is 3.29. The Labute approximate surface area is 142 Å². The molecule has 0 bridgehead atoms. The minimum atomic E-state index is -2.99. The van der Waals surface area contributed by atoms with Crippen LogP contribution in [0.4, 0.5) is 8.78 Å². The Bertz CT molecular complexity index is 868. The summed E-state index contributed by atoms with van der Waals surface area (Å²) >= 11 is 0. The monoisotopic (exact) mass is 345 g/mol. The summed E-state index contributed by atoms with van der Waals surface area (Å²) in [6.07, 6.45) is 3.29. The van der Waals surface area contributed by atoms with Gasteiger partial charge >= 0.3 is 0 Å². The van der Waals surface area contributed by atoms with Crippen molar-refractivity contribution in [2.24, 2.45) is 5.73 Å². The molecule has 1 aromatic heterocycles. The van der Waals surface area contributed by atoms with E-state index >= 15 is 0 Å². The van der Waals surface area contributed by atoms with E-state index in [0.29, 0.717) is 24.3 Å². The third-order valence-corrected chi connectivity index (χ3v) is 4.46. The lowest BCUT2D eigenvalue weighted by Gasteiger charge is -2.26. The standard InChI is InChI=1S/C18H15F2N2O3/c19-18(20)9-25-7-11-5-10(1-2-15(11)18)13-6-22-16(17(21)23)12-3-4-24-8-14(12)13/h1-3,5-6H,4,7-9H2,(H2,21,23). The first-order chi connectivity index (χ1) is 12.0. The van der Waals surface area contributed by atoms with E-state index in [9.17, 15) is 13.6 Å². The van der Waals surface area contributed by atoms with Gasteiger partial charge < -0.3 is 15.2 Å². The molecule has 0 saturated carbocycles. The van der Waals surface area contributed by atoms with Gasteiger partial charge in [-0.1, -0.05) is 12.1 Å². The third-order valence-electron chi connectivity index (χ3n) is 4.46. The maximum atomic E-state index is 13.9. The van der Waals surface area contributed by atoms with E-state index in [1.165, 1.54) is 12.3 Å². The number of aromatic nitrogens is 1. The second-order valence-corrected chi connectivity index (χ2v) is 6.07. The molecule has 0 unspecified atom stereocenters. The lowest BCUT2D eigenvalue weighted by atomic mass is 9.90. The number of ether oxygens (including phenoxy) is 2. The van der Waals surface area contributed by atoms with Crippen molar-refractivity contribution in [1.29, 1.82) is 0 Å². The summed E-state index contributed by atoms with van der Waals surface area (Å²) in [5, 5.41) is 0. The molecular formula is C18H15F2N2O3. The van der Waals surface area contributed by atoms with Crippen LogP contribution in [0.5, 0.6) is 0 Å². The van der Waals surface area contributed by atoms with Gasteiger partial charge in [0.1, 0.15) is 12.3 Å². The van der Waals surface area contributed by atoms with Crippen LogP contribution >= 0.6 is 0 Å². The van der Waals surface area contributed by atoms with E-state index in [-0.39, 0.29) is 17.9 Å². The summed E-state index contributed by atoms with van der Waals surface area (Å²) < 4.78 is 38.3. The third kappa shape index (κ3) is 2.69. The van der Waals surface area contributed by atoms with Crippen LogP contribution in [-0.2, 0) is 28.6 Å². The van der Waals surface area contributed by atoms with Crippen molar-refractivity contribution in [3.63, 3.8) is 0 Å². The number of pyridine rings is 1. The van der Waals surface area contributed by atoms with Crippen LogP contribution in [0.25, 0.3) is 11.1 Å². The summed E-state index contributed by atoms with van der Waals surface area (Å²) in [6, 6.07) is 4.74. The molecule has 0 saturated heterocycles. The number of nitrogens with zero attached hydrogens (tertiary/aromatic N) is 1. The van der Waals surface area contributed by atoms with Crippen LogP contribution in [0.2, 0.25) is 0 Å². The first-order valence-electron chi connectivity index (χ1n) is 7.79. The smallest absolute Gasteiger partial charge is 0.296 e. The van der Waals surface area contributed by atoms with Crippen molar-refractivity contribution in [2.75, 3.05) is 13.2 Å². The van der Waals surface area contributed by atoms with E-state index in [4.69, 9.17) is 15.2 Å². The topological polar surface area (TPSA) is 74.4 Å². The van der Waals surface area contributed by atoms with Gasteiger partial charge in [-0.25, -0.2) is 0 Å². The zero-order valence-electron chi connectivity index (χ0n) is 13.2. The van der Waals surface area contributed by atoms with Gasteiger partial charge in [0, 0.05) is 23.7 Å². The molecule has 7 heteroatoms. The highest BCUT2D eigenvalue weighted by Crippen LogP contribution is 2.38. The maximum absolute atomic E-state index is 13.9.